The smallest absolute Gasteiger partial charge is 0.320 e. The van der Waals surface area contributed by atoms with E-state index in [9.17, 15) is 15.0 Å². The van der Waals surface area contributed by atoms with E-state index in [-0.39, 0.29) is 22.9 Å². The number of nitrogens with zero attached hydrogens (tertiary/aromatic N) is 3. The predicted molar refractivity (Wildman–Crippen MR) is 122 cm³/mol. The average molecular weight is 428 g/mol. The van der Waals surface area contributed by atoms with Crippen molar-refractivity contribution in [2.24, 2.45) is 0 Å². The van der Waals surface area contributed by atoms with Gasteiger partial charge >= 0.3 is 6.03 Å². The zero-order valence-corrected chi connectivity index (χ0v) is 19.0. The summed E-state index contributed by atoms with van der Waals surface area (Å²) < 4.78 is 0. The first kappa shape index (κ1) is 22.2. The van der Waals surface area contributed by atoms with E-state index >= 15 is 0 Å². The molecule has 3 aliphatic rings. The van der Waals surface area contributed by atoms with Gasteiger partial charge in [0.2, 0.25) is 0 Å². The first-order valence-corrected chi connectivity index (χ1v) is 11.6. The molecule has 0 aromatic heterocycles. The van der Waals surface area contributed by atoms with Crippen LogP contribution in [0.2, 0.25) is 0 Å². The van der Waals surface area contributed by atoms with Crippen molar-refractivity contribution in [3.8, 4) is 0 Å². The maximum absolute atomic E-state index is 13.4. The minimum absolute atomic E-state index is 0.00126. The third-order valence-electron chi connectivity index (χ3n) is 8.14. The van der Waals surface area contributed by atoms with Crippen LogP contribution in [0.5, 0.6) is 0 Å². The minimum atomic E-state index is -0.741. The number of hydrogen-bond acceptors (Lipinski definition) is 4. The number of urea groups is 1. The maximum Gasteiger partial charge on any atom is 0.320 e. The lowest BCUT2D eigenvalue weighted by molar-refractivity contribution is -0.0725. The van der Waals surface area contributed by atoms with Crippen molar-refractivity contribution < 1.29 is 15.0 Å². The van der Waals surface area contributed by atoms with Gasteiger partial charge in [-0.05, 0) is 64.6 Å². The normalized spacial score (nSPS) is 30.1. The quantitative estimate of drug-likeness (QED) is 0.648. The SMILES string of the molecule is C=C(O)CCN1CC2(CCC(c3ccccc3)(N(C)C)CC2)N(CC2(O)CCC2)C1=O. The van der Waals surface area contributed by atoms with Gasteiger partial charge in [0.15, 0.2) is 0 Å². The number of β-amino-alcohol motifs (C(OH)–C–C–N with tert-alkyl or cyclic N) is 1. The van der Waals surface area contributed by atoms with E-state index in [1.54, 1.807) is 0 Å². The number of rotatable bonds is 7. The molecule has 0 unspecified atom stereocenters. The Balaban J connectivity index is 1.59. The van der Waals surface area contributed by atoms with Gasteiger partial charge in [-0.15, -0.1) is 0 Å². The lowest BCUT2D eigenvalue weighted by Crippen LogP contribution is -2.59. The molecule has 6 nitrogen and oxygen atoms in total. The highest BCUT2D eigenvalue weighted by atomic mass is 16.3. The fourth-order valence-corrected chi connectivity index (χ4v) is 5.89. The zero-order valence-electron chi connectivity index (χ0n) is 19.0. The van der Waals surface area contributed by atoms with Crippen molar-refractivity contribution in [3.05, 3.63) is 48.2 Å². The van der Waals surface area contributed by atoms with Crippen LogP contribution in [-0.4, -0.2) is 75.8 Å². The fourth-order valence-electron chi connectivity index (χ4n) is 5.89. The molecule has 2 amide bonds. The number of aliphatic hydroxyl groups is 2. The van der Waals surface area contributed by atoms with Crippen LogP contribution in [0.15, 0.2) is 42.7 Å². The van der Waals surface area contributed by atoms with E-state index in [0.717, 1.165) is 44.9 Å². The standard InChI is InChI=1S/C25H37N3O3/c1-20(29)10-17-27-18-23(28(22(27)30)19-24(31)11-7-12-24)13-15-25(16-14-23,26(2)3)21-8-5-4-6-9-21/h4-6,8-9,29,31H,1,7,10-19H2,2-3H3. The summed E-state index contributed by atoms with van der Waals surface area (Å²) >= 11 is 0. The Hall–Kier alpha value is -2.05. The van der Waals surface area contributed by atoms with Crippen LogP contribution in [0.25, 0.3) is 0 Å². The van der Waals surface area contributed by atoms with Crippen molar-refractivity contribution in [1.29, 1.82) is 0 Å². The molecule has 1 saturated heterocycles. The maximum atomic E-state index is 13.4. The van der Waals surface area contributed by atoms with E-state index in [0.29, 0.717) is 26.1 Å². The third kappa shape index (κ3) is 3.96. The number of benzene rings is 1. The molecule has 1 aliphatic heterocycles. The Morgan fingerprint density at radius 1 is 1.10 bits per heavy atom. The van der Waals surface area contributed by atoms with E-state index < -0.39 is 5.60 Å². The highest BCUT2D eigenvalue weighted by molar-refractivity contribution is 5.78. The van der Waals surface area contributed by atoms with E-state index in [4.69, 9.17) is 0 Å². The third-order valence-corrected chi connectivity index (χ3v) is 8.14. The average Bonchev–Trinajstić information content (AvgIpc) is 2.98. The predicted octanol–water partition coefficient (Wildman–Crippen LogP) is 3.87. The monoisotopic (exact) mass is 427 g/mol. The van der Waals surface area contributed by atoms with Gasteiger partial charge in [0.25, 0.3) is 0 Å². The van der Waals surface area contributed by atoms with Gasteiger partial charge in [0, 0.05) is 25.0 Å². The lowest BCUT2D eigenvalue weighted by atomic mass is 9.67. The number of carbonyl (C=O) groups is 1. The van der Waals surface area contributed by atoms with Crippen LogP contribution in [0.4, 0.5) is 4.79 Å². The molecule has 0 bridgehead atoms. The Morgan fingerprint density at radius 3 is 2.26 bits per heavy atom. The summed E-state index contributed by atoms with van der Waals surface area (Å²) in [5, 5.41) is 20.5. The van der Waals surface area contributed by atoms with Crippen LogP contribution < -0.4 is 0 Å². The molecule has 4 rings (SSSR count). The van der Waals surface area contributed by atoms with Gasteiger partial charge in [-0.3, -0.25) is 4.90 Å². The summed E-state index contributed by atoms with van der Waals surface area (Å²) in [4.78, 5) is 19.6. The Labute approximate surface area is 186 Å². The van der Waals surface area contributed by atoms with Crippen molar-refractivity contribution in [1.82, 2.24) is 14.7 Å². The molecular formula is C25H37N3O3. The number of carbonyl (C=O) groups excluding carboxylic acids is 1. The fraction of sp³-hybridized carbons (Fsp3) is 0.640. The first-order chi connectivity index (χ1) is 14.7. The molecule has 3 fully saturated rings. The number of hydrogen-bond donors (Lipinski definition) is 2. The number of aliphatic hydroxyl groups excluding tert-OH is 1. The molecule has 2 N–H and O–H groups in total. The Kier molecular flexibility index (Phi) is 5.81. The van der Waals surface area contributed by atoms with E-state index in [2.05, 4.69) is 55.9 Å². The molecular weight excluding hydrogens is 390 g/mol. The van der Waals surface area contributed by atoms with Crippen LogP contribution >= 0.6 is 0 Å². The van der Waals surface area contributed by atoms with Crippen molar-refractivity contribution in [2.75, 3.05) is 33.7 Å². The molecule has 31 heavy (non-hydrogen) atoms. The van der Waals surface area contributed by atoms with Crippen molar-refractivity contribution in [2.45, 2.75) is 68.0 Å². The molecule has 1 aromatic carbocycles. The van der Waals surface area contributed by atoms with Gasteiger partial charge in [-0.25, -0.2) is 4.79 Å². The summed E-state index contributed by atoms with van der Waals surface area (Å²) in [5.74, 6) is 0.109. The highest BCUT2D eigenvalue weighted by Crippen LogP contribution is 2.50. The second-order valence-corrected chi connectivity index (χ2v) is 10.2. The Morgan fingerprint density at radius 2 is 1.74 bits per heavy atom. The number of amides is 2. The van der Waals surface area contributed by atoms with Gasteiger partial charge in [0.1, 0.15) is 0 Å². The summed E-state index contributed by atoms with van der Waals surface area (Å²) in [6, 6.07) is 10.7. The summed E-state index contributed by atoms with van der Waals surface area (Å²) in [6.45, 7) is 5.13. The van der Waals surface area contributed by atoms with Crippen molar-refractivity contribution in [3.63, 3.8) is 0 Å². The molecule has 0 atom stereocenters. The minimum Gasteiger partial charge on any atom is -0.513 e. The highest BCUT2D eigenvalue weighted by Gasteiger charge is 2.56. The van der Waals surface area contributed by atoms with Crippen LogP contribution in [-0.2, 0) is 5.54 Å². The van der Waals surface area contributed by atoms with Gasteiger partial charge in [-0.2, -0.15) is 0 Å². The summed E-state index contributed by atoms with van der Waals surface area (Å²) in [7, 11) is 4.30. The molecule has 2 aliphatic carbocycles. The topological polar surface area (TPSA) is 67.2 Å². The van der Waals surface area contributed by atoms with Gasteiger partial charge in [0.05, 0.1) is 23.4 Å². The summed E-state index contributed by atoms with van der Waals surface area (Å²) in [6.07, 6.45) is 6.69. The summed E-state index contributed by atoms with van der Waals surface area (Å²) in [5.41, 5.74) is 0.292. The molecule has 0 radical (unpaired) electrons. The van der Waals surface area contributed by atoms with E-state index in [1.165, 1.54) is 5.56 Å². The molecule has 170 valence electrons. The second-order valence-electron chi connectivity index (χ2n) is 10.2. The Bertz CT molecular complexity index is 811. The van der Waals surface area contributed by atoms with Gasteiger partial charge in [-0.1, -0.05) is 36.9 Å². The molecule has 1 aromatic rings. The van der Waals surface area contributed by atoms with Crippen LogP contribution in [0.1, 0.15) is 56.9 Å². The van der Waals surface area contributed by atoms with Crippen molar-refractivity contribution >= 4 is 6.03 Å². The van der Waals surface area contributed by atoms with E-state index in [1.807, 2.05) is 9.80 Å². The van der Waals surface area contributed by atoms with Crippen LogP contribution in [0, 0.1) is 0 Å². The van der Waals surface area contributed by atoms with Gasteiger partial charge < -0.3 is 20.0 Å². The molecule has 2 saturated carbocycles. The molecule has 1 spiro atoms. The molecule has 1 heterocycles. The lowest BCUT2D eigenvalue weighted by Gasteiger charge is -2.52. The van der Waals surface area contributed by atoms with Crippen LogP contribution in [0.3, 0.4) is 0 Å². The first-order valence-electron chi connectivity index (χ1n) is 11.6. The zero-order chi connectivity index (χ0) is 22.3. The second kappa shape index (κ2) is 8.14. The molecule has 6 heteroatoms. The largest absolute Gasteiger partial charge is 0.513 e.